The lowest BCUT2D eigenvalue weighted by Gasteiger charge is -2.42. The topological polar surface area (TPSA) is 132 Å². The van der Waals surface area contributed by atoms with Crippen LogP contribution in [0.4, 0.5) is 10.5 Å². The van der Waals surface area contributed by atoms with Gasteiger partial charge in [-0.2, -0.15) is 0 Å². The van der Waals surface area contributed by atoms with E-state index in [0.717, 1.165) is 11.1 Å². The van der Waals surface area contributed by atoms with Gasteiger partial charge in [-0.05, 0) is 77.6 Å². The molecule has 0 saturated heterocycles. The Morgan fingerprint density at radius 2 is 1.59 bits per heavy atom. The number of carbonyl (C=O) groups is 2. The number of carbonyl (C=O) groups excluding carboxylic acids is 2. The van der Waals surface area contributed by atoms with Gasteiger partial charge in [0, 0.05) is 12.6 Å². The molecule has 14 heteroatoms. The van der Waals surface area contributed by atoms with E-state index in [1.165, 1.54) is 13.1 Å². The van der Waals surface area contributed by atoms with Gasteiger partial charge in [-0.25, -0.2) is 17.9 Å². The SMILES string of the molecule is C=CCOC(=O)Nc1cc(O[Si](C(C)C)(C(C)C)C(C)C)c(OC)cc1C(=O)N1CC=C(c2ccc(S(=O)(=O)NC)cc2)C[C@H]1CO[Si](C)(C)C(C)(C)C. The van der Waals surface area contributed by atoms with E-state index in [1.807, 2.05) is 6.08 Å². The lowest BCUT2D eigenvalue weighted by molar-refractivity contribution is 0.0627. The first kappa shape index (κ1) is 45.0. The number of methoxy groups -OCH3 is 1. The Hall–Kier alpha value is -3.44. The molecule has 0 fully saturated rings. The van der Waals surface area contributed by atoms with Crippen molar-refractivity contribution >= 4 is 49.9 Å². The molecule has 1 aliphatic rings. The number of hydrogen-bond donors (Lipinski definition) is 2. The van der Waals surface area contributed by atoms with Crippen molar-refractivity contribution in [1.82, 2.24) is 9.62 Å². The number of nitrogens with one attached hydrogen (secondary N) is 2. The van der Waals surface area contributed by atoms with Crippen molar-refractivity contribution in [3.05, 3.63) is 66.3 Å². The molecule has 1 aliphatic heterocycles. The minimum Gasteiger partial charge on any atom is -0.540 e. The predicted octanol–water partition coefficient (Wildman–Crippen LogP) is 9.21. The lowest BCUT2D eigenvalue weighted by atomic mass is 9.93. The summed E-state index contributed by atoms with van der Waals surface area (Å²) in [6.45, 7) is 28.1. The quantitative estimate of drug-likeness (QED) is 0.127. The second-order valence-corrected chi connectivity index (χ2v) is 28.4. The first-order chi connectivity index (χ1) is 25.1. The lowest BCUT2D eigenvalue weighted by Crippen LogP contribution is -2.50. The summed E-state index contributed by atoms with van der Waals surface area (Å²) in [6.07, 6.45) is 3.19. The highest BCUT2D eigenvalue weighted by Gasteiger charge is 2.48. The zero-order chi connectivity index (χ0) is 40.8. The van der Waals surface area contributed by atoms with Gasteiger partial charge in [0.05, 0.1) is 35.9 Å². The van der Waals surface area contributed by atoms with Gasteiger partial charge in [0.25, 0.3) is 14.2 Å². The number of rotatable bonds is 16. The van der Waals surface area contributed by atoms with E-state index in [9.17, 15) is 18.0 Å². The Bertz CT molecular complexity index is 1760. The maximum absolute atomic E-state index is 14.9. The van der Waals surface area contributed by atoms with Gasteiger partial charge < -0.3 is 23.2 Å². The molecular weight excluding hydrogens is 739 g/mol. The molecule has 1 atom stereocenters. The number of anilines is 1. The van der Waals surface area contributed by atoms with Gasteiger partial charge in [-0.3, -0.25) is 10.1 Å². The summed E-state index contributed by atoms with van der Waals surface area (Å²) in [5, 5.41) is 2.75. The monoisotopic (exact) mass is 801 g/mol. The van der Waals surface area contributed by atoms with Crippen LogP contribution in [0.25, 0.3) is 5.57 Å². The third-order valence-corrected chi connectivity index (χ3v) is 23.0. The molecule has 0 radical (unpaired) electrons. The van der Waals surface area contributed by atoms with E-state index in [2.05, 4.69) is 92.0 Å². The summed E-state index contributed by atoms with van der Waals surface area (Å²) < 4.78 is 52.1. The Morgan fingerprint density at radius 1 is 1.00 bits per heavy atom. The van der Waals surface area contributed by atoms with E-state index >= 15 is 0 Å². The van der Waals surface area contributed by atoms with E-state index in [1.54, 1.807) is 48.4 Å². The number of benzene rings is 2. The number of amides is 2. The van der Waals surface area contributed by atoms with Gasteiger partial charge >= 0.3 is 6.09 Å². The van der Waals surface area contributed by atoms with E-state index in [-0.39, 0.29) is 62.9 Å². The maximum Gasteiger partial charge on any atom is 0.411 e. The smallest absolute Gasteiger partial charge is 0.411 e. The van der Waals surface area contributed by atoms with Gasteiger partial charge in [-0.1, -0.05) is 93.2 Å². The fourth-order valence-corrected chi connectivity index (χ4v) is 14.0. The van der Waals surface area contributed by atoms with Crippen molar-refractivity contribution in [2.45, 2.75) is 114 Å². The van der Waals surface area contributed by atoms with Crippen LogP contribution in [0.3, 0.4) is 0 Å². The normalized spacial score (nSPS) is 15.7. The molecule has 0 bridgehead atoms. The molecule has 2 aromatic carbocycles. The fourth-order valence-electron chi connectivity index (χ4n) is 6.98. The summed E-state index contributed by atoms with van der Waals surface area (Å²) in [7, 11) is -5.38. The first-order valence-corrected chi connectivity index (χ1v) is 25.2. The molecule has 54 heavy (non-hydrogen) atoms. The minimum absolute atomic E-state index is 0.00682. The van der Waals surface area contributed by atoms with Crippen LogP contribution >= 0.6 is 0 Å². The van der Waals surface area contributed by atoms with E-state index < -0.39 is 32.8 Å². The zero-order valence-corrected chi connectivity index (χ0v) is 37.4. The number of sulfonamides is 1. The van der Waals surface area contributed by atoms with Gasteiger partial charge in [0.15, 0.2) is 14.1 Å². The van der Waals surface area contributed by atoms with E-state index in [0.29, 0.717) is 24.5 Å². The van der Waals surface area contributed by atoms with Crippen LogP contribution in [-0.2, 0) is 19.2 Å². The first-order valence-electron chi connectivity index (χ1n) is 18.7. The fraction of sp³-hybridized carbons (Fsp3) is 0.550. The van der Waals surface area contributed by atoms with Crippen LogP contribution in [0.15, 0.2) is 60.0 Å². The molecule has 1 heterocycles. The minimum atomic E-state index is -3.60. The summed E-state index contributed by atoms with van der Waals surface area (Å²) in [5.74, 6) is 0.521. The molecule has 11 nitrogen and oxygen atoms in total. The molecule has 3 rings (SSSR count). The highest BCUT2D eigenvalue weighted by Crippen LogP contribution is 2.46. The zero-order valence-electron chi connectivity index (χ0n) is 34.6. The average molecular weight is 802 g/mol. The number of hydrogen-bond acceptors (Lipinski definition) is 8. The van der Waals surface area contributed by atoms with Crippen LogP contribution in [0.1, 0.15) is 84.7 Å². The van der Waals surface area contributed by atoms with Crippen LogP contribution in [0.2, 0.25) is 34.8 Å². The van der Waals surface area contributed by atoms with Crippen molar-refractivity contribution < 1.29 is 36.3 Å². The molecule has 0 saturated carbocycles. The van der Waals surface area contributed by atoms with Crippen LogP contribution in [0, 0.1) is 0 Å². The predicted molar refractivity (Wildman–Crippen MR) is 223 cm³/mol. The molecule has 300 valence electrons. The molecule has 0 spiro atoms. The highest BCUT2D eigenvalue weighted by atomic mass is 32.2. The summed E-state index contributed by atoms with van der Waals surface area (Å²) in [4.78, 5) is 29.8. The highest BCUT2D eigenvalue weighted by molar-refractivity contribution is 7.89. The van der Waals surface area contributed by atoms with Crippen molar-refractivity contribution in [1.29, 1.82) is 0 Å². The molecule has 0 unspecified atom stereocenters. The standard InChI is InChI=1S/C40H63N3O8SSi2/c1-15-22-49-39(45)42-35-25-37(51-54(27(2)3,28(4)5)29(6)7)36(48-12)24-34(35)38(44)43-21-20-31(23-32(43)26-50-53(13,14)40(8,9)10)30-16-18-33(19-17-30)52(46,47)41-11/h15-20,24-25,27-29,32,41H,1,21-23,26H2,2-14H3,(H,42,45)/t32-/m0/s1. The second-order valence-electron chi connectivity index (χ2n) is 16.3. The Balaban J connectivity index is 2.18. The molecule has 2 amide bonds. The van der Waals surface area contributed by atoms with Gasteiger partial charge in [-0.15, -0.1) is 0 Å². The third-order valence-electron chi connectivity index (χ3n) is 11.0. The largest absolute Gasteiger partial charge is 0.540 e. The molecule has 2 aromatic rings. The van der Waals surface area contributed by atoms with Crippen molar-refractivity contribution in [3.8, 4) is 11.5 Å². The molecule has 0 aliphatic carbocycles. The molecule has 2 N–H and O–H groups in total. The number of ether oxygens (including phenoxy) is 2. The van der Waals surface area contributed by atoms with Crippen LogP contribution < -0.4 is 19.2 Å². The average Bonchev–Trinajstić information content (AvgIpc) is 3.10. The second kappa shape index (κ2) is 18.0. The van der Waals surface area contributed by atoms with Gasteiger partial charge in [0.2, 0.25) is 10.0 Å². The maximum atomic E-state index is 14.9. The third kappa shape index (κ3) is 10.0. The summed E-state index contributed by atoms with van der Waals surface area (Å²) in [6, 6.07) is 9.68. The Kier molecular flexibility index (Phi) is 15.0. The van der Waals surface area contributed by atoms with Crippen LogP contribution in [0.5, 0.6) is 11.5 Å². The summed E-state index contributed by atoms with van der Waals surface area (Å²) in [5.41, 5.74) is 3.08. The summed E-state index contributed by atoms with van der Waals surface area (Å²) >= 11 is 0. The van der Waals surface area contributed by atoms with Crippen molar-refractivity contribution in [2.24, 2.45) is 0 Å². The Labute approximate surface area is 326 Å². The van der Waals surface area contributed by atoms with E-state index in [4.69, 9.17) is 18.3 Å². The van der Waals surface area contributed by atoms with Crippen LogP contribution in [-0.4, -0.2) is 81.9 Å². The molecule has 0 aromatic heterocycles. The number of nitrogens with zero attached hydrogens (tertiary/aromatic N) is 1. The van der Waals surface area contributed by atoms with Gasteiger partial charge in [0.1, 0.15) is 12.4 Å². The molecular formula is C40H63N3O8SSi2. The van der Waals surface area contributed by atoms with Crippen molar-refractivity contribution in [3.63, 3.8) is 0 Å². The van der Waals surface area contributed by atoms with Crippen molar-refractivity contribution in [2.75, 3.05) is 39.2 Å². The Morgan fingerprint density at radius 3 is 2.09 bits per heavy atom.